The summed E-state index contributed by atoms with van der Waals surface area (Å²) in [5.41, 5.74) is 1.67. The van der Waals surface area contributed by atoms with Gasteiger partial charge >= 0.3 is 0 Å². The van der Waals surface area contributed by atoms with Gasteiger partial charge in [-0.1, -0.05) is 12.2 Å². The Morgan fingerprint density at radius 3 is 0.778 bits per heavy atom. The molecular weight excluding hydrogens is 228 g/mol. The van der Waals surface area contributed by atoms with Gasteiger partial charge in [-0.3, -0.25) is 9.59 Å². The standard InChI is InChI=1S/2C6H10O.C3H6O/c2*1-4-5(2)6(3)7;1-3(2)4/h2*4H,1-3H3;1-2H3/b5-4+;5-4-;. The molecule has 18 heavy (non-hydrogen) atoms. The lowest BCUT2D eigenvalue weighted by molar-refractivity contribution is -0.115. The SMILES string of the molecule is C/C=C(/C)C(C)=O.C/C=C(\C)C(C)=O.CC(C)=O. The van der Waals surface area contributed by atoms with Crippen molar-refractivity contribution in [3.8, 4) is 0 Å². The van der Waals surface area contributed by atoms with E-state index in [2.05, 4.69) is 0 Å². The van der Waals surface area contributed by atoms with Gasteiger partial charge < -0.3 is 4.79 Å². The monoisotopic (exact) mass is 254 g/mol. The second kappa shape index (κ2) is 13.6. The third kappa shape index (κ3) is 24.0. The van der Waals surface area contributed by atoms with E-state index >= 15 is 0 Å². The van der Waals surface area contributed by atoms with Crippen LogP contribution in [-0.2, 0) is 14.4 Å². The van der Waals surface area contributed by atoms with Crippen molar-refractivity contribution in [3.63, 3.8) is 0 Å². The molecule has 0 fully saturated rings. The van der Waals surface area contributed by atoms with Crippen LogP contribution in [0.4, 0.5) is 0 Å². The number of Topliss-reactive ketones (excluding diaryl/α,β-unsaturated/α-hetero) is 3. The summed E-state index contributed by atoms with van der Waals surface area (Å²) < 4.78 is 0. The summed E-state index contributed by atoms with van der Waals surface area (Å²) in [6.45, 7) is 13.5. The lowest BCUT2D eigenvalue weighted by Crippen LogP contribution is -1.88. The van der Waals surface area contributed by atoms with Crippen LogP contribution in [0.25, 0.3) is 0 Å². The van der Waals surface area contributed by atoms with Crippen LogP contribution in [0.3, 0.4) is 0 Å². The minimum Gasteiger partial charge on any atom is -0.300 e. The van der Waals surface area contributed by atoms with Gasteiger partial charge in [-0.05, 0) is 66.5 Å². The van der Waals surface area contributed by atoms with Crippen LogP contribution < -0.4 is 0 Å². The van der Waals surface area contributed by atoms with Crippen molar-refractivity contribution >= 4 is 17.3 Å². The van der Waals surface area contributed by atoms with E-state index < -0.39 is 0 Å². The minimum atomic E-state index is 0.155. The second-order valence-electron chi connectivity index (χ2n) is 3.96. The fraction of sp³-hybridized carbons (Fsp3) is 0.533. The van der Waals surface area contributed by atoms with Gasteiger partial charge in [0, 0.05) is 0 Å². The van der Waals surface area contributed by atoms with Gasteiger partial charge in [-0.2, -0.15) is 0 Å². The van der Waals surface area contributed by atoms with E-state index in [1.807, 2.05) is 39.8 Å². The Kier molecular flexibility index (Phi) is 16.4. The molecule has 3 heteroatoms. The molecule has 0 aliphatic rings. The Balaban J connectivity index is -0.000000196. The average Bonchev–Trinajstić information content (AvgIpc) is 2.26. The molecular formula is C15H26O3. The van der Waals surface area contributed by atoms with Crippen molar-refractivity contribution in [2.45, 2.75) is 55.4 Å². The number of hydrogen-bond acceptors (Lipinski definition) is 3. The molecule has 0 saturated heterocycles. The van der Waals surface area contributed by atoms with Crippen molar-refractivity contribution in [2.75, 3.05) is 0 Å². The molecule has 104 valence electrons. The van der Waals surface area contributed by atoms with Crippen LogP contribution in [0.1, 0.15) is 55.4 Å². The zero-order valence-electron chi connectivity index (χ0n) is 12.9. The lowest BCUT2D eigenvalue weighted by atomic mass is 10.2. The van der Waals surface area contributed by atoms with Crippen LogP contribution in [0.2, 0.25) is 0 Å². The molecule has 0 heterocycles. The van der Waals surface area contributed by atoms with Crippen LogP contribution in [-0.4, -0.2) is 17.3 Å². The maximum atomic E-state index is 10.3. The van der Waals surface area contributed by atoms with Gasteiger partial charge in [0.05, 0.1) is 0 Å². The third-order valence-corrected chi connectivity index (χ3v) is 1.98. The summed E-state index contributed by atoms with van der Waals surface area (Å²) in [7, 11) is 0. The predicted molar refractivity (Wildman–Crippen MR) is 76.6 cm³/mol. The fourth-order valence-electron chi connectivity index (χ4n) is 0.407. The zero-order valence-corrected chi connectivity index (χ0v) is 12.9. The van der Waals surface area contributed by atoms with Gasteiger partial charge in [0.1, 0.15) is 5.78 Å². The first-order valence-electron chi connectivity index (χ1n) is 5.84. The summed E-state index contributed by atoms with van der Waals surface area (Å²) in [5.74, 6) is 0.477. The Hall–Kier alpha value is -1.51. The van der Waals surface area contributed by atoms with Gasteiger partial charge in [0.15, 0.2) is 11.6 Å². The fourth-order valence-corrected chi connectivity index (χ4v) is 0.407. The molecule has 0 unspecified atom stereocenters. The first kappa shape index (κ1) is 21.7. The Morgan fingerprint density at radius 2 is 0.778 bits per heavy atom. The summed E-state index contributed by atoms with van der Waals surface area (Å²) in [6.07, 6.45) is 3.62. The molecule has 0 radical (unpaired) electrons. The molecule has 0 N–H and O–H groups in total. The van der Waals surface area contributed by atoms with Crippen LogP contribution in [0.15, 0.2) is 23.3 Å². The van der Waals surface area contributed by atoms with E-state index in [-0.39, 0.29) is 17.3 Å². The normalized spacial score (nSPS) is 10.4. The highest BCUT2D eigenvalue weighted by molar-refractivity contribution is 5.92. The van der Waals surface area contributed by atoms with Gasteiger partial charge in [-0.25, -0.2) is 0 Å². The van der Waals surface area contributed by atoms with Crippen molar-refractivity contribution < 1.29 is 14.4 Å². The van der Waals surface area contributed by atoms with E-state index in [0.29, 0.717) is 0 Å². The van der Waals surface area contributed by atoms with E-state index in [1.54, 1.807) is 13.8 Å². The molecule has 0 spiro atoms. The topological polar surface area (TPSA) is 51.2 Å². The van der Waals surface area contributed by atoms with Crippen molar-refractivity contribution in [1.29, 1.82) is 0 Å². The Morgan fingerprint density at radius 1 is 0.611 bits per heavy atom. The smallest absolute Gasteiger partial charge is 0.155 e. The summed E-state index contributed by atoms with van der Waals surface area (Å²) in [6, 6.07) is 0. The molecule has 0 aromatic heterocycles. The molecule has 0 aromatic rings. The first-order chi connectivity index (χ1) is 8.09. The van der Waals surface area contributed by atoms with Crippen molar-refractivity contribution in [3.05, 3.63) is 23.3 Å². The number of rotatable bonds is 2. The lowest BCUT2D eigenvalue weighted by Gasteiger charge is -1.85. The molecule has 0 aliphatic carbocycles. The number of carbonyl (C=O) groups excluding carboxylic acids is 3. The average molecular weight is 254 g/mol. The Bertz CT molecular complexity index is 302. The third-order valence-electron chi connectivity index (χ3n) is 1.98. The number of allylic oxidation sites excluding steroid dienone is 4. The molecule has 0 atom stereocenters. The zero-order chi connectivity index (χ0) is 15.3. The van der Waals surface area contributed by atoms with Gasteiger partial charge in [-0.15, -0.1) is 0 Å². The van der Waals surface area contributed by atoms with Crippen molar-refractivity contribution in [1.82, 2.24) is 0 Å². The van der Waals surface area contributed by atoms with Crippen LogP contribution >= 0.6 is 0 Å². The number of hydrogen-bond donors (Lipinski definition) is 0. The number of carbonyl (C=O) groups is 3. The molecule has 0 aliphatic heterocycles. The summed E-state index contributed by atoms with van der Waals surface area (Å²) >= 11 is 0. The summed E-state index contributed by atoms with van der Waals surface area (Å²) in [4.78, 5) is 30.1. The van der Waals surface area contributed by atoms with Crippen LogP contribution in [0.5, 0.6) is 0 Å². The van der Waals surface area contributed by atoms with Crippen LogP contribution in [0, 0.1) is 0 Å². The van der Waals surface area contributed by atoms with Gasteiger partial charge in [0.25, 0.3) is 0 Å². The molecule has 0 amide bonds. The van der Waals surface area contributed by atoms with E-state index in [1.165, 1.54) is 13.8 Å². The minimum absolute atomic E-state index is 0.155. The van der Waals surface area contributed by atoms with Crippen molar-refractivity contribution in [2.24, 2.45) is 0 Å². The maximum absolute atomic E-state index is 10.3. The first-order valence-corrected chi connectivity index (χ1v) is 5.84. The molecule has 0 bridgehead atoms. The quantitative estimate of drug-likeness (QED) is 0.706. The van der Waals surface area contributed by atoms with E-state index in [0.717, 1.165) is 11.1 Å². The molecule has 0 aromatic carbocycles. The molecule has 0 saturated carbocycles. The van der Waals surface area contributed by atoms with Gasteiger partial charge in [0.2, 0.25) is 0 Å². The van der Waals surface area contributed by atoms with E-state index in [4.69, 9.17) is 0 Å². The Labute approximate surface area is 111 Å². The van der Waals surface area contributed by atoms with E-state index in [9.17, 15) is 14.4 Å². The highest BCUT2D eigenvalue weighted by atomic mass is 16.1. The number of ketones is 3. The second-order valence-corrected chi connectivity index (χ2v) is 3.96. The molecule has 3 nitrogen and oxygen atoms in total. The molecule has 0 rings (SSSR count). The largest absolute Gasteiger partial charge is 0.300 e. The maximum Gasteiger partial charge on any atom is 0.155 e. The highest BCUT2D eigenvalue weighted by Crippen LogP contribution is 1.90. The predicted octanol–water partition coefficient (Wildman–Crippen LogP) is 3.68. The summed E-state index contributed by atoms with van der Waals surface area (Å²) in [5, 5.41) is 0. The highest BCUT2D eigenvalue weighted by Gasteiger charge is 1.89.